The summed E-state index contributed by atoms with van der Waals surface area (Å²) in [6.07, 6.45) is 0. The topological polar surface area (TPSA) is 45.2 Å². The van der Waals surface area contributed by atoms with Crippen LogP contribution in [-0.2, 0) is 0 Å². The molecule has 5 heteroatoms. The smallest absolute Gasteiger partial charge is 0.137 e. The van der Waals surface area contributed by atoms with Crippen molar-refractivity contribution in [2.24, 2.45) is 0 Å². The van der Waals surface area contributed by atoms with Crippen molar-refractivity contribution in [1.82, 2.24) is 4.98 Å². The highest BCUT2D eigenvalue weighted by Crippen LogP contribution is 2.33. The molecule has 2 N–H and O–H groups in total. The van der Waals surface area contributed by atoms with E-state index in [9.17, 15) is 9.50 Å². The molecule has 0 unspecified atom stereocenters. The van der Waals surface area contributed by atoms with E-state index in [1.165, 1.54) is 17.4 Å². The summed E-state index contributed by atoms with van der Waals surface area (Å²) in [4.78, 5) is 4.42. The number of fused-ring (bicyclic) bond motifs is 1. The van der Waals surface area contributed by atoms with E-state index in [0.29, 0.717) is 10.6 Å². The van der Waals surface area contributed by atoms with Gasteiger partial charge in [0.2, 0.25) is 0 Å². The third-order valence-corrected chi connectivity index (χ3v) is 3.91. The first-order valence-corrected chi connectivity index (χ1v) is 6.56. The molecule has 19 heavy (non-hydrogen) atoms. The Hall–Kier alpha value is -2.14. The fourth-order valence-electron chi connectivity index (χ4n) is 1.87. The van der Waals surface area contributed by atoms with Crippen molar-refractivity contribution in [2.75, 3.05) is 12.4 Å². The third kappa shape index (κ3) is 2.13. The Bertz CT molecular complexity index is 754. The van der Waals surface area contributed by atoms with Crippen molar-refractivity contribution in [3.05, 3.63) is 42.2 Å². The highest BCUT2D eigenvalue weighted by molar-refractivity contribution is 7.21. The predicted octanol–water partition coefficient (Wildman–Crippen LogP) is 3.85. The average molecular weight is 274 g/mol. The predicted molar refractivity (Wildman–Crippen MR) is 76.2 cm³/mol. The summed E-state index contributed by atoms with van der Waals surface area (Å²) in [7, 11) is 1.85. The molecule has 0 radical (unpaired) electrons. The molecule has 3 rings (SSSR count). The molecule has 3 aromatic rings. The number of aromatic hydroxyl groups is 1. The Balaban J connectivity index is 2.14. The second-order valence-corrected chi connectivity index (χ2v) is 5.15. The number of phenolic OH excluding ortho intramolecular Hbond substituents is 1. The summed E-state index contributed by atoms with van der Waals surface area (Å²) in [5, 5.41) is 12.9. The molecule has 0 saturated carbocycles. The molecular weight excluding hydrogens is 263 g/mol. The maximum absolute atomic E-state index is 13.8. The summed E-state index contributed by atoms with van der Waals surface area (Å²) < 4.78 is 14.8. The monoisotopic (exact) mass is 274 g/mol. The number of anilines is 1. The number of nitrogens with one attached hydrogen (secondary N) is 1. The van der Waals surface area contributed by atoms with E-state index in [1.807, 2.05) is 25.2 Å². The Labute approximate surface area is 113 Å². The minimum absolute atomic E-state index is 0.0835. The van der Waals surface area contributed by atoms with Gasteiger partial charge in [0.05, 0.1) is 10.2 Å². The number of nitrogens with zero attached hydrogens (tertiary/aromatic N) is 1. The molecule has 0 aliphatic heterocycles. The summed E-state index contributed by atoms with van der Waals surface area (Å²) >= 11 is 1.43. The Morgan fingerprint density at radius 1 is 1.21 bits per heavy atom. The maximum Gasteiger partial charge on any atom is 0.137 e. The lowest BCUT2D eigenvalue weighted by molar-refractivity contribution is 0.469. The van der Waals surface area contributed by atoms with Gasteiger partial charge in [-0.05, 0) is 30.3 Å². The van der Waals surface area contributed by atoms with E-state index in [2.05, 4.69) is 10.3 Å². The largest absolute Gasteiger partial charge is 0.508 e. The van der Waals surface area contributed by atoms with Gasteiger partial charge in [-0.2, -0.15) is 0 Å². The highest BCUT2D eigenvalue weighted by Gasteiger charge is 2.11. The number of thiazole rings is 1. The van der Waals surface area contributed by atoms with E-state index < -0.39 is 5.82 Å². The van der Waals surface area contributed by atoms with Crippen LogP contribution in [0.15, 0.2) is 36.4 Å². The van der Waals surface area contributed by atoms with E-state index in [4.69, 9.17) is 0 Å². The summed E-state index contributed by atoms with van der Waals surface area (Å²) in [5.41, 5.74) is 2.24. The molecule has 3 nitrogen and oxygen atoms in total. The lowest BCUT2D eigenvalue weighted by Gasteiger charge is -1.98. The van der Waals surface area contributed by atoms with Crippen molar-refractivity contribution in [3.8, 4) is 16.3 Å². The molecule has 0 bridgehead atoms. The first-order valence-electron chi connectivity index (χ1n) is 5.74. The van der Waals surface area contributed by atoms with Crippen LogP contribution in [0.3, 0.4) is 0 Å². The van der Waals surface area contributed by atoms with Crippen LogP contribution in [-0.4, -0.2) is 17.1 Å². The number of aromatic nitrogens is 1. The number of halogens is 1. The second-order valence-electron chi connectivity index (χ2n) is 4.12. The van der Waals surface area contributed by atoms with E-state index in [0.717, 1.165) is 22.0 Å². The molecule has 96 valence electrons. The van der Waals surface area contributed by atoms with E-state index in [1.54, 1.807) is 6.07 Å². The van der Waals surface area contributed by atoms with Gasteiger partial charge in [-0.25, -0.2) is 9.37 Å². The van der Waals surface area contributed by atoms with Crippen molar-refractivity contribution < 1.29 is 9.50 Å². The Morgan fingerprint density at radius 2 is 2.05 bits per heavy atom. The molecule has 2 aromatic carbocycles. The fraction of sp³-hybridized carbons (Fsp3) is 0.0714. The molecule has 0 saturated heterocycles. The minimum Gasteiger partial charge on any atom is -0.508 e. The Kier molecular flexibility index (Phi) is 2.83. The molecular formula is C14H11FN2OS. The number of hydrogen-bond acceptors (Lipinski definition) is 4. The van der Waals surface area contributed by atoms with Crippen LogP contribution in [0.1, 0.15) is 0 Å². The Morgan fingerprint density at radius 3 is 2.79 bits per heavy atom. The van der Waals surface area contributed by atoms with Crippen LogP contribution < -0.4 is 5.32 Å². The normalized spacial score (nSPS) is 10.8. The fourth-order valence-corrected chi connectivity index (χ4v) is 2.90. The first-order chi connectivity index (χ1) is 9.17. The van der Waals surface area contributed by atoms with Crippen LogP contribution in [0.5, 0.6) is 5.75 Å². The highest BCUT2D eigenvalue weighted by atomic mass is 32.1. The molecule has 0 fully saturated rings. The van der Waals surface area contributed by atoms with E-state index in [-0.39, 0.29) is 5.75 Å². The second kappa shape index (κ2) is 4.51. The van der Waals surface area contributed by atoms with Crippen molar-refractivity contribution >= 4 is 27.2 Å². The quantitative estimate of drug-likeness (QED) is 0.746. The van der Waals surface area contributed by atoms with Crippen molar-refractivity contribution in [1.29, 1.82) is 0 Å². The minimum atomic E-state index is -0.465. The molecule has 0 atom stereocenters. The summed E-state index contributed by atoms with van der Waals surface area (Å²) in [6, 6.07) is 9.92. The van der Waals surface area contributed by atoms with Crippen LogP contribution in [0.2, 0.25) is 0 Å². The zero-order chi connectivity index (χ0) is 13.4. The van der Waals surface area contributed by atoms with Gasteiger partial charge in [-0.3, -0.25) is 0 Å². The number of phenols is 1. The van der Waals surface area contributed by atoms with Crippen LogP contribution in [0.25, 0.3) is 20.8 Å². The van der Waals surface area contributed by atoms with Gasteiger partial charge in [-0.1, -0.05) is 0 Å². The van der Waals surface area contributed by atoms with Crippen LogP contribution in [0.4, 0.5) is 10.1 Å². The standard InChI is InChI=1S/C14H11FN2OS/c1-16-8-2-5-12-13(6-8)19-14(17-12)10-4-3-9(18)7-11(10)15/h2-7,16,18H,1H3. The van der Waals surface area contributed by atoms with Gasteiger partial charge < -0.3 is 10.4 Å². The zero-order valence-electron chi connectivity index (χ0n) is 10.1. The van der Waals surface area contributed by atoms with Crippen LogP contribution >= 0.6 is 11.3 Å². The van der Waals surface area contributed by atoms with Gasteiger partial charge in [-0.15, -0.1) is 11.3 Å². The van der Waals surface area contributed by atoms with Gasteiger partial charge >= 0.3 is 0 Å². The maximum atomic E-state index is 13.8. The molecule has 1 heterocycles. The first kappa shape index (κ1) is 11.9. The number of benzene rings is 2. The third-order valence-electron chi connectivity index (χ3n) is 2.86. The molecule has 0 amide bonds. The van der Waals surface area contributed by atoms with E-state index >= 15 is 0 Å². The van der Waals surface area contributed by atoms with Gasteiger partial charge in [0, 0.05) is 24.4 Å². The van der Waals surface area contributed by atoms with Gasteiger partial charge in [0.1, 0.15) is 16.6 Å². The number of rotatable bonds is 2. The summed E-state index contributed by atoms with van der Waals surface area (Å²) in [5.74, 6) is -0.548. The summed E-state index contributed by atoms with van der Waals surface area (Å²) in [6.45, 7) is 0. The molecule has 0 aliphatic carbocycles. The molecule has 1 aromatic heterocycles. The number of hydrogen-bond donors (Lipinski definition) is 2. The molecule has 0 spiro atoms. The van der Waals surface area contributed by atoms with Crippen molar-refractivity contribution in [2.45, 2.75) is 0 Å². The van der Waals surface area contributed by atoms with Crippen LogP contribution in [0, 0.1) is 5.82 Å². The SMILES string of the molecule is CNc1ccc2nc(-c3ccc(O)cc3F)sc2c1. The lowest BCUT2D eigenvalue weighted by Crippen LogP contribution is -1.85. The molecule has 0 aliphatic rings. The zero-order valence-corrected chi connectivity index (χ0v) is 11.0. The van der Waals surface area contributed by atoms with Gasteiger partial charge in [0.25, 0.3) is 0 Å². The lowest BCUT2D eigenvalue weighted by atomic mass is 10.2. The van der Waals surface area contributed by atoms with Gasteiger partial charge in [0.15, 0.2) is 0 Å². The average Bonchev–Trinajstić information content (AvgIpc) is 2.80. The van der Waals surface area contributed by atoms with Crippen molar-refractivity contribution in [3.63, 3.8) is 0 Å².